The number of ketones is 2. The van der Waals surface area contributed by atoms with Crippen LogP contribution in [0.1, 0.15) is 42.2 Å². The highest BCUT2D eigenvalue weighted by atomic mass is 16.5. The predicted octanol–water partition coefficient (Wildman–Crippen LogP) is 4.28. The molecule has 158 valence electrons. The minimum absolute atomic E-state index is 0.0996. The lowest BCUT2D eigenvalue weighted by Crippen LogP contribution is -2.17. The van der Waals surface area contributed by atoms with Gasteiger partial charge in [0.25, 0.3) is 0 Å². The number of rotatable bonds is 8. The van der Waals surface area contributed by atoms with Gasteiger partial charge in [-0.05, 0) is 25.1 Å². The predicted molar refractivity (Wildman–Crippen MR) is 115 cm³/mol. The van der Waals surface area contributed by atoms with E-state index in [1.54, 1.807) is 48.5 Å². The van der Waals surface area contributed by atoms with Gasteiger partial charge in [-0.25, -0.2) is 4.79 Å². The van der Waals surface area contributed by atoms with Crippen LogP contribution in [0.3, 0.4) is 0 Å². The smallest absolute Gasteiger partial charge is 0.339 e. The molecule has 0 bridgehead atoms. The van der Waals surface area contributed by atoms with Gasteiger partial charge >= 0.3 is 5.97 Å². The van der Waals surface area contributed by atoms with Gasteiger partial charge in [-0.3, -0.25) is 9.59 Å². The van der Waals surface area contributed by atoms with Crippen molar-refractivity contribution in [2.45, 2.75) is 6.92 Å². The minimum Gasteiger partial charge on any atom is -0.497 e. The molecule has 0 atom stereocenters. The Balaban J connectivity index is 1.77. The molecular weight excluding hydrogens is 396 g/mol. The molecule has 0 unspecified atom stereocenters. The van der Waals surface area contributed by atoms with Crippen molar-refractivity contribution in [2.75, 3.05) is 20.8 Å². The van der Waals surface area contributed by atoms with Gasteiger partial charge < -0.3 is 14.2 Å². The molecular formula is C25H22O6. The Bertz CT molecular complexity index is 1120. The number of esters is 1. The van der Waals surface area contributed by atoms with Crippen LogP contribution >= 0.6 is 0 Å². The highest BCUT2D eigenvalue weighted by Gasteiger charge is 2.21. The monoisotopic (exact) mass is 418 g/mol. The second kappa shape index (κ2) is 9.71. The first-order valence-corrected chi connectivity index (χ1v) is 9.57. The number of hydrogen-bond acceptors (Lipinski definition) is 6. The van der Waals surface area contributed by atoms with Crippen LogP contribution in [0, 0.1) is 6.92 Å². The molecule has 0 heterocycles. The SMILES string of the molecule is COc1ccc(C(=O)COC(=O)c2ccccc2C(=O)c2ccc(C)cc2)c(OC)c1. The van der Waals surface area contributed by atoms with Crippen molar-refractivity contribution < 1.29 is 28.6 Å². The van der Waals surface area contributed by atoms with E-state index >= 15 is 0 Å². The zero-order valence-electron chi connectivity index (χ0n) is 17.5. The van der Waals surface area contributed by atoms with Crippen molar-refractivity contribution in [1.29, 1.82) is 0 Å². The summed E-state index contributed by atoms with van der Waals surface area (Å²) in [7, 11) is 2.94. The third kappa shape index (κ3) is 4.98. The van der Waals surface area contributed by atoms with E-state index in [4.69, 9.17) is 14.2 Å². The number of aryl methyl sites for hydroxylation is 1. The molecule has 0 aliphatic heterocycles. The molecule has 0 saturated heterocycles. The van der Waals surface area contributed by atoms with Crippen LogP contribution in [-0.4, -0.2) is 38.4 Å². The molecule has 3 aromatic carbocycles. The maximum absolute atomic E-state index is 12.9. The Morgan fingerprint density at radius 3 is 2.10 bits per heavy atom. The molecule has 6 nitrogen and oxygen atoms in total. The summed E-state index contributed by atoms with van der Waals surface area (Å²) in [5, 5.41) is 0. The Morgan fingerprint density at radius 1 is 0.774 bits per heavy atom. The summed E-state index contributed by atoms with van der Waals surface area (Å²) < 4.78 is 15.6. The molecule has 0 N–H and O–H groups in total. The molecule has 0 saturated carbocycles. The summed E-state index contributed by atoms with van der Waals surface area (Å²) in [6.45, 7) is 1.43. The molecule has 31 heavy (non-hydrogen) atoms. The average Bonchev–Trinajstić information content (AvgIpc) is 2.81. The Morgan fingerprint density at radius 2 is 1.45 bits per heavy atom. The first-order chi connectivity index (χ1) is 14.9. The highest BCUT2D eigenvalue weighted by molar-refractivity contribution is 6.14. The zero-order valence-corrected chi connectivity index (χ0v) is 17.5. The van der Waals surface area contributed by atoms with Gasteiger partial charge in [-0.2, -0.15) is 0 Å². The maximum Gasteiger partial charge on any atom is 0.339 e. The highest BCUT2D eigenvalue weighted by Crippen LogP contribution is 2.25. The molecule has 0 radical (unpaired) electrons. The van der Waals surface area contributed by atoms with Crippen LogP contribution in [0.5, 0.6) is 11.5 Å². The van der Waals surface area contributed by atoms with E-state index in [1.807, 2.05) is 19.1 Å². The van der Waals surface area contributed by atoms with Gasteiger partial charge in [0.1, 0.15) is 11.5 Å². The largest absolute Gasteiger partial charge is 0.497 e. The normalized spacial score (nSPS) is 10.3. The fourth-order valence-electron chi connectivity index (χ4n) is 3.04. The Kier molecular flexibility index (Phi) is 6.82. The van der Waals surface area contributed by atoms with Crippen molar-refractivity contribution >= 4 is 17.5 Å². The number of Topliss-reactive ketones (excluding diaryl/α,β-unsaturated/α-hetero) is 1. The summed E-state index contributed by atoms with van der Waals surface area (Å²) in [6.07, 6.45) is 0. The fraction of sp³-hybridized carbons (Fsp3) is 0.160. The van der Waals surface area contributed by atoms with Crippen LogP contribution in [0.25, 0.3) is 0 Å². The summed E-state index contributed by atoms with van der Waals surface area (Å²) in [6, 6.07) is 18.2. The summed E-state index contributed by atoms with van der Waals surface area (Å²) in [4.78, 5) is 38.1. The van der Waals surface area contributed by atoms with Gasteiger partial charge in [0.15, 0.2) is 12.4 Å². The van der Waals surface area contributed by atoms with E-state index < -0.39 is 18.4 Å². The second-order valence-electron chi connectivity index (χ2n) is 6.81. The number of benzene rings is 3. The number of carbonyl (C=O) groups is 3. The zero-order chi connectivity index (χ0) is 22.4. The summed E-state index contributed by atoms with van der Waals surface area (Å²) in [5.74, 6) is -0.632. The van der Waals surface area contributed by atoms with Crippen LogP contribution < -0.4 is 9.47 Å². The first-order valence-electron chi connectivity index (χ1n) is 9.57. The molecule has 0 aromatic heterocycles. The summed E-state index contributed by atoms with van der Waals surface area (Å²) in [5.41, 5.74) is 2.06. The van der Waals surface area contributed by atoms with Crippen molar-refractivity contribution in [3.63, 3.8) is 0 Å². The number of methoxy groups -OCH3 is 2. The van der Waals surface area contributed by atoms with Crippen molar-refractivity contribution in [3.05, 3.63) is 94.5 Å². The second-order valence-corrected chi connectivity index (χ2v) is 6.81. The van der Waals surface area contributed by atoms with Crippen LogP contribution in [0.4, 0.5) is 0 Å². The Labute approximate surface area is 180 Å². The lowest BCUT2D eigenvalue weighted by atomic mass is 9.98. The molecule has 0 aliphatic carbocycles. The third-order valence-corrected chi connectivity index (χ3v) is 4.75. The van der Waals surface area contributed by atoms with Gasteiger partial charge in [-0.1, -0.05) is 48.0 Å². The van der Waals surface area contributed by atoms with Crippen LogP contribution in [-0.2, 0) is 4.74 Å². The van der Waals surface area contributed by atoms with Crippen molar-refractivity contribution in [3.8, 4) is 11.5 Å². The standard InChI is InChI=1S/C25H22O6/c1-16-8-10-17(11-9-16)24(27)19-6-4-5-7-20(19)25(28)31-15-22(26)21-13-12-18(29-2)14-23(21)30-3/h4-14H,15H2,1-3H3. The lowest BCUT2D eigenvalue weighted by Gasteiger charge is -2.11. The van der Waals surface area contributed by atoms with Crippen molar-refractivity contribution in [1.82, 2.24) is 0 Å². The third-order valence-electron chi connectivity index (χ3n) is 4.75. The molecule has 0 amide bonds. The van der Waals surface area contributed by atoms with Crippen LogP contribution in [0.15, 0.2) is 66.7 Å². The summed E-state index contributed by atoms with van der Waals surface area (Å²) >= 11 is 0. The molecule has 0 spiro atoms. The Hall–Kier alpha value is -3.93. The van der Waals surface area contributed by atoms with Crippen LogP contribution in [0.2, 0.25) is 0 Å². The van der Waals surface area contributed by atoms with E-state index in [0.29, 0.717) is 17.1 Å². The number of ether oxygens (including phenoxy) is 3. The molecule has 3 aromatic rings. The average molecular weight is 418 g/mol. The maximum atomic E-state index is 12.9. The van der Waals surface area contributed by atoms with Gasteiger partial charge in [0.2, 0.25) is 5.78 Å². The van der Waals surface area contributed by atoms with E-state index in [-0.39, 0.29) is 22.5 Å². The van der Waals surface area contributed by atoms with E-state index in [2.05, 4.69) is 0 Å². The fourth-order valence-corrected chi connectivity index (χ4v) is 3.04. The van der Waals surface area contributed by atoms with E-state index in [9.17, 15) is 14.4 Å². The lowest BCUT2D eigenvalue weighted by molar-refractivity contribution is 0.0472. The van der Waals surface area contributed by atoms with Gasteiger partial charge in [0, 0.05) is 17.2 Å². The number of hydrogen-bond donors (Lipinski definition) is 0. The molecule has 0 fully saturated rings. The van der Waals surface area contributed by atoms with Crippen molar-refractivity contribution in [2.24, 2.45) is 0 Å². The molecule has 0 aliphatic rings. The van der Waals surface area contributed by atoms with Gasteiger partial charge in [0.05, 0.1) is 25.3 Å². The minimum atomic E-state index is -0.753. The quantitative estimate of drug-likeness (QED) is 0.401. The van der Waals surface area contributed by atoms with E-state index in [0.717, 1.165) is 5.56 Å². The first kappa shape index (κ1) is 21.8. The molecule has 6 heteroatoms. The van der Waals surface area contributed by atoms with E-state index in [1.165, 1.54) is 20.3 Å². The van der Waals surface area contributed by atoms with Gasteiger partial charge in [-0.15, -0.1) is 0 Å². The molecule has 3 rings (SSSR count). The number of carbonyl (C=O) groups excluding carboxylic acids is 3. The topological polar surface area (TPSA) is 78.9 Å².